The first kappa shape index (κ1) is 9.02. The summed E-state index contributed by atoms with van der Waals surface area (Å²) >= 11 is 5.73. The van der Waals surface area contributed by atoms with Crippen molar-refractivity contribution in [2.24, 2.45) is 7.05 Å². The summed E-state index contributed by atoms with van der Waals surface area (Å²) in [7, 11) is 1.78. The number of aryl methyl sites for hydroxylation is 1. The molecule has 0 aliphatic carbocycles. The Hall–Kier alpha value is -1.55. The third-order valence-electron chi connectivity index (χ3n) is 1.60. The highest BCUT2D eigenvalue weighted by Crippen LogP contribution is 2.19. The van der Waals surface area contributed by atoms with E-state index in [1.807, 2.05) is 0 Å². The summed E-state index contributed by atoms with van der Waals surface area (Å²) in [5.74, 6) is 0.667. The number of aromatic nitrogens is 3. The van der Waals surface area contributed by atoms with Crippen LogP contribution in [0.2, 0.25) is 5.02 Å². The second kappa shape index (κ2) is 3.67. The van der Waals surface area contributed by atoms with Gasteiger partial charge in [0.1, 0.15) is 12.1 Å². The highest BCUT2D eigenvalue weighted by atomic mass is 35.5. The molecule has 0 N–H and O–H groups in total. The molecule has 2 rings (SSSR count). The van der Waals surface area contributed by atoms with E-state index in [1.165, 1.54) is 0 Å². The van der Waals surface area contributed by atoms with Crippen molar-refractivity contribution in [3.8, 4) is 11.8 Å². The van der Waals surface area contributed by atoms with Crippen LogP contribution in [0.25, 0.3) is 0 Å². The molecule has 72 valence electrons. The predicted octanol–water partition coefficient (Wildman–Crippen LogP) is 2.26. The fraction of sp³-hybridized carbons (Fsp3) is 0.111. The van der Waals surface area contributed by atoms with Crippen molar-refractivity contribution >= 4 is 11.6 Å². The summed E-state index contributed by atoms with van der Waals surface area (Å²) in [6.45, 7) is 0. The van der Waals surface area contributed by atoms with E-state index in [9.17, 15) is 0 Å². The first-order chi connectivity index (χ1) is 6.74. The number of nitrogens with zero attached hydrogens (tertiary/aromatic N) is 3. The summed E-state index contributed by atoms with van der Waals surface area (Å²) in [6, 6.07) is 7.35. The van der Waals surface area contributed by atoms with E-state index in [0.717, 1.165) is 0 Å². The van der Waals surface area contributed by atoms with E-state index in [1.54, 1.807) is 42.3 Å². The lowest BCUT2D eigenvalue weighted by Gasteiger charge is -1.99. The minimum absolute atomic E-state index is 0.329. The molecular formula is C9H8ClN3O. The van der Waals surface area contributed by atoms with Crippen molar-refractivity contribution in [3.05, 3.63) is 35.6 Å². The summed E-state index contributed by atoms with van der Waals surface area (Å²) in [6.07, 6.45) is 1.57. The second-order valence-electron chi connectivity index (χ2n) is 2.76. The molecule has 0 saturated carbocycles. The summed E-state index contributed by atoms with van der Waals surface area (Å²) in [5, 5.41) is 4.65. The average Bonchev–Trinajstić information content (AvgIpc) is 2.56. The molecule has 4 nitrogen and oxygen atoms in total. The Labute approximate surface area is 86.1 Å². The fourth-order valence-corrected chi connectivity index (χ4v) is 1.10. The van der Waals surface area contributed by atoms with Crippen LogP contribution in [0.4, 0.5) is 0 Å². The van der Waals surface area contributed by atoms with Crippen molar-refractivity contribution in [3.63, 3.8) is 0 Å². The Morgan fingerprint density at radius 3 is 2.57 bits per heavy atom. The molecule has 5 heteroatoms. The van der Waals surface area contributed by atoms with Crippen molar-refractivity contribution < 1.29 is 4.74 Å². The Bertz CT molecular complexity index is 424. The largest absolute Gasteiger partial charge is 0.423 e. The summed E-state index contributed by atoms with van der Waals surface area (Å²) < 4.78 is 6.93. The molecule has 0 unspecified atom stereocenters. The zero-order chi connectivity index (χ0) is 9.97. The topological polar surface area (TPSA) is 39.9 Å². The maximum absolute atomic E-state index is 5.73. The molecule has 0 spiro atoms. The van der Waals surface area contributed by atoms with Gasteiger partial charge in [0.25, 0.3) is 0 Å². The van der Waals surface area contributed by atoms with E-state index >= 15 is 0 Å². The van der Waals surface area contributed by atoms with Gasteiger partial charge < -0.3 is 4.74 Å². The van der Waals surface area contributed by atoms with Crippen molar-refractivity contribution in [1.29, 1.82) is 0 Å². The smallest absolute Gasteiger partial charge is 0.340 e. The molecule has 1 aromatic carbocycles. The lowest BCUT2D eigenvalue weighted by atomic mass is 10.3. The van der Waals surface area contributed by atoms with Crippen LogP contribution in [0.1, 0.15) is 0 Å². The van der Waals surface area contributed by atoms with E-state index in [-0.39, 0.29) is 0 Å². The first-order valence-corrected chi connectivity index (χ1v) is 4.41. The molecule has 0 fully saturated rings. The Morgan fingerprint density at radius 2 is 2.00 bits per heavy atom. The van der Waals surface area contributed by atoms with Crippen molar-refractivity contribution in [2.75, 3.05) is 0 Å². The van der Waals surface area contributed by atoms with Crippen LogP contribution in [0.15, 0.2) is 30.6 Å². The number of hydrogen-bond acceptors (Lipinski definition) is 3. The van der Waals surface area contributed by atoms with E-state index in [4.69, 9.17) is 16.3 Å². The van der Waals surface area contributed by atoms with Gasteiger partial charge in [-0.2, -0.15) is 4.98 Å². The minimum Gasteiger partial charge on any atom is -0.423 e. The number of hydrogen-bond donors (Lipinski definition) is 0. The summed E-state index contributed by atoms with van der Waals surface area (Å²) in [5.41, 5.74) is 0. The minimum atomic E-state index is 0.329. The molecule has 0 bridgehead atoms. The van der Waals surface area contributed by atoms with Crippen LogP contribution < -0.4 is 4.74 Å². The van der Waals surface area contributed by atoms with Crippen LogP contribution in [-0.4, -0.2) is 14.8 Å². The van der Waals surface area contributed by atoms with Crippen LogP contribution in [0.5, 0.6) is 11.8 Å². The van der Waals surface area contributed by atoms with Gasteiger partial charge >= 0.3 is 6.01 Å². The molecule has 1 heterocycles. The zero-order valence-electron chi connectivity index (χ0n) is 7.51. The normalized spacial score (nSPS) is 10.1. The van der Waals surface area contributed by atoms with Gasteiger partial charge in [-0.3, -0.25) is 4.68 Å². The van der Waals surface area contributed by atoms with Crippen LogP contribution in [0.3, 0.4) is 0 Å². The van der Waals surface area contributed by atoms with Gasteiger partial charge in [-0.15, -0.1) is 5.10 Å². The van der Waals surface area contributed by atoms with Gasteiger partial charge in [-0.25, -0.2) is 0 Å². The molecule has 0 atom stereocenters. The standard InChI is InChI=1S/C9H8ClN3O/c1-13-6-11-9(12-13)14-8-4-2-7(10)3-5-8/h2-6H,1H3. The van der Waals surface area contributed by atoms with Crippen LogP contribution in [-0.2, 0) is 7.05 Å². The number of rotatable bonds is 2. The van der Waals surface area contributed by atoms with Gasteiger partial charge in [-0.1, -0.05) is 11.6 Å². The molecule has 0 radical (unpaired) electrons. The zero-order valence-corrected chi connectivity index (χ0v) is 8.27. The molecule has 14 heavy (non-hydrogen) atoms. The molecular weight excluding hydrogens is 202 g/mol. The second-order valence-corrected chi connectivity index (χ2v) is 3.19. The fourth-order valence-electron chi connectivity index (χ4n) is 0.974. The van der Waals surface area contributed by atoms with E-state index in [2.05, 4.69) is 10.1 Å². The third-order valence-corrected chi connectivity index (χ3v) is 1.85. The SMILES string of the molecule is Cn1cnc(Oc2ccc(Cl)cc2)n1. The highest BCUT2D eigenvalue weighted by molar-refractivity contribution is 6.30. The molecule has 1 aromatic heterocycles. The van der Waals surface area contributed by atoms with Gasteiger partial charge in [0, 0.05) is 12.1 Å². The lowest BCUT2D eigenvalue weighted by molar-refractivity contribution is 0.439. The summed E-state index contributed by atoms with van der Waals surface area (Å²) in [4.78, 5) is 3.93. The average molecular weight is 210 g/mol. The number of benzene rings is 1. The monoisotopic (exact) mass is 209 g/mol. The molecule has 0 saturated heterocycles. The maximum atomic E-state index is 5.73. The van der Waals surface area contributed by atoms with Gasteiger partial charge in [-0.05, 0) is 24.3 Å². The van der Waals surface area contributed by atoms with E-state index in [0.29, 0.717) is 16.8 Å². The lowest BCUT2D eigenvalue weighted by Crippen LogP contribution is -1.89. The Morgan fingerprint density at radius 1 is 1.29 bits per heavy atom. The Balaban J connectivity index is 2.15. The van der Waals surface area contributed by atoms with E-state index < -0.39 is 0 Å². The Kier molecular flexibility index (Phi) is 2.37. The molecule has 0 amide bonds. The molecule has 0 aliphatic heterocycles. The third kappa shape index (κ3) is 2.03. The number of ether oxygens (including phenoxy) is 1. The maximum Gasteiger partial charge on any atom is 0.340 e. The predicted molar refractivity (Wildman–Crippen MR) is 52.5 cm³/mol. The van der Waals surface area contributed by atoms with Gasteiger partial charge in [0.05, 0.1) is 0 Å². The van der Waals surface area contributed by atoms with Crippen LogP contribution in [0, 0.1) is 0 Å². The molecule has 2 aromatic rings. The van der Waals surface area contributed by atoms with Gasteiger partial charge in [0.2, 0.25) is 0 Å². The molecule has 0 aliphatic rings. The highest BCUT2D eigenvalue weighted by Gasteiger charge is 2.00. The first-order valence-electron chi connectivity index (χ1n) is 4.03. The quantitative estimate of drug-likeness (QED) is 0.762. The van der Waals surface area contributed by atoms with Crippen LogP contribution >= 0.6 is 11.6 Å². The van der Waals surface area contributed by atoms with Crippen molar-refractivity contribution in [2.45, 2.75) is 0 Å². The number of halogens is 1. The van der Waals surface area contributed by atoms with Crippen molar-refractivity contribution in [1.82, 2.24) is 14.8 Å². The van der Waals surface area contributed by atoms with Gasteiger partial charge in [0.15, 0.2) is 0 Å².